The summed E-state index contributed by atoms with van der Waals surface area (Å²) in [6.45, 7) is 2.77. The van der Waals surface area contributed by atoms with Crippen molar-refractivity contribution in [3.05, 3.63) is 0 Å². The van der Waals surface area contributed by atoms with Crippen LogP contribution in [0.25, 0.3) is 0 Å². The zero-order valence-electron chi connectivity index (χ0n) is 7.91. The lowest BCUT2D eigenvalue weighted by Crippen LogP contribution is -2.37. The van der Waals surface area contributed by atoms with Crippen molar-refractivity contribution >= 4 is 5.97 Å². The van der Waals surface area contributed by atoms with Crippen molar-refractivity contribution < 1.29 is 9.90 Å². The van der Waals surface area contributed by atoms with Crippen LogP contribution in [0.15, 0.2) is 0 Å². The second-order valence-corrected chi connectivity index (χ2v) is 3.69. The van der Waals surface area contributed by atoms with Crippen molar-refractivity contribution in [2.75, 3.05) is 26.2 Å². The number of aliphatic carboxylic acids is 1. The number of nitrogens with zero attached hydrogens (tertiary/aromatic N) is 1. The summed E-state index contributed by atoms with van der Waals surface area (Å²) >= 11 is 0. The molecule has 1 aliphatic rings. The normalized spacial score (nSPS) is 20.4. The van der Waals surface area contributed by atoms with Crippen molar-refractivity contribution in [2.24, 2.45) is 11.7 Å². The summed E-state index contributed by atoms with van der Waals surface area (Å²) in [6.07, 6.45) is 3.29. The molecule has 0 bridgehead atoms. The molecule has 3 N–H and O–H groups in total. The predicted octanol–water partition coefficient (Wildman–Crippen LogP) is 0.132. The summed E-state index contributed by atoms with van der Waals surface area (Å²) < 4.78 is 0. The van der Waals surface area contributed by atoms with E-state index in [1.54, 1.807) is 0 Å². The average Bonchev–Trinajstić information content (AvgIpc) is 2.08. The molecule has 0 saturated carbocycles. The molecule has 0 spiro atoms. The number of carbonyl (C=O) groups is 1. The zero-order chi connectivity index (χ0) is 9.68. The molecule has 1 saturated heterocycles. The zero-order valence-corrected chi connectivity index (χ0v) is 7.91. The van der Waals surface area contributed by atoms with Crippen LogP contribution in [0, 0.1) is 5.92 Å². The first-order valence-electron chi connectivity index (χ1n) is 4.86. The average molecular weight is 186 g/mol. The van der Waals surface area contributed by atoms with Gasteiger partial charge in [-0.3, -0.25) is 9.69 Å². The minimum absolute atomic E-state index is 0.190. The van der Waals surface area contributed by atoms with Crippen LogP contribution in [-0.4, -0.2) is 42.2 Å². The molecule has 0 unspecified atom stereocenters. The number of carboxylic acid groups (broad SMARTS) is 1. The SMILES string of the molecule is NCCC1CCN(CC(=O)O)CC1. The number of hydrogen-bond acceptors (Lipinski definition) is 3. The maximum Gasteiger partial charge on any atom is 0.317 e. The molecule has 0 amide bonds. The molecule has 0 radical (unpaired) electrons. The third-order valence-corrected chi connectivity index (χ3v) is 2.64. The summed E-state index contributed by atoms with van der Waals surface area (Å²) in [5.41, 5.74) is 5.47. The van der Waals surface area contributed by atoms with Crippen LogP contribution in [0.3, 0.4) is 0 Å². The smallest absolute Gasteiger partial charge is 0.317 e. The number of carboxylic acids is 1. The van der Waals surface area contributed by atoms with Crippen molar-refractivity contribution in [1.82, 2.24) is 4.90 Å². The first-order valence-corrected chi connectivity index (χ1v) is 4.86. The van der Waals surface area contributed by atoms with Gasteiger partial charge in [-0.2, -0.15) is 0 Å². The van der Waals surface area contributed by atoms with E-state index in [9.17, 15) is 4.79 Å². The standard InChI is InChI=1S/C9H18N2O2/c10-4-1-8-2-5-11(6-3-8)7-9(12)13/h8H,1-7,10H2,(H,12,13). The minimum atomic E-state index is -0.725. The molecular weight excluding hydrogens is 168 g/mol. The van der Waals surface area contributed by atoms with Gasteiger partial charge in [0.25, 0.3) is 0 Å². The summed E-state index contributed by atoms with van der Waals surface area (Å²) in [4.78, 5) is 12.4. The highest BCUT2D eigenvalue weighted by molar-refractivity contribution is 5.69. The summed E-state index contributed by atoms with van der Waals surface area (Å²) in [7, 11) is 0. The van der Waals surface area contributed by atoms with Crippen molar-refractivity contribution in [3.8, 4) is 0 Å². The van der Waals surface area contributed by atoms with E-state index >= 15 is 0 Å². The van der Waals surface area contributed by atoms with E-state index in [4.69, 9.17) is 10.8 Å². The Balaban J connectivity index is 2.18. The molecule has 0 aromatic rings. The lowest BCUT2D eigenvalue weighted by Gasteiger charge is -2.30. The molecule has 0 aliphatic carbocycles. The number of nitrogens with two attached hydrogens (primary N) is 1. The van der Waals surface area contributed by atoms with E-state index in [0.717, 1.165) is 44.8 Å². The number of rotatable bonds is 4. The van der Waals surface area contributed by atoms with Crippen molar-refractivity contribution in [2.45, 2.75) is 19.3 Å². The van der Waals surface area contributed by atoms with E-state index in [1.165, 1.54) is 0 Å². The van der Waals surface area contributed by atoms with Gasteiger partial charge >= 0.3 is 5.97 Å². The predicted molar refractivity (Wildman–Crippen MR) is 50.5 cm³/mol. The largest absolute Gasteiger partial charge is 0.480 e. The Morgan fingerprint density at radius 3 is 2.54 bits per heavy atom. The second-order valence-electron chi connectivity index (χ2n) is 3.69. The fraction of sp³-hybridized carbons (Fsp3) is 0.889. The maximum absolute atomic E-state index is 10.4. The van der Waals surface area contributed by atoms with Gasteiger partial charge < -0.3 is 10.8 Å². The first kappa shape index (κ1) is 10.5. The van der Waals surface area contributed by atoms with Gasteiger partial charge in [-0.05, 0) is 44.8 Å². The van der Waals surface area contributed by atoms with Crippen LogP contribution in [-0.2, 0) is 4.79 Å². The topological polar surface area (TPSA) is 66.6 Å². The highest BCUT2D eigenvalue weighted by atomic mass is 16.4. The van der Waals surface area contributed by atoms with Crippen molar-refractivity contribution in [3.63, 3.8) is 0 Å². The monoisotopic (exact) mass is 186 g/mol. The van der Waals surface area contributed by atoms with Crippen molar-refractivity contribution in [1.29, 1.82) is 0 Å². The van der Waals surface area contributed by atoms with Crippen LogP contribution >= 0.6 is 0 Å². The molecule has 0 aromatic carbocycles. The van der Waals surface area contributed by atoms with Gasteiger partial charge in [0, 0.05) is 0 Å². The second kappa shape index (κ2) is 5.19. The minimum Gasteiger partial charge on any atom is -0.480 e. The lowest BCUT2D eigenvalue weighted by atomic mass is 9.94. The first-order chi connectivity index (χ1) is 6.22. The summed E-state index contributed by atoms with van der Waals surface area (Å²) in [5, 5.41) is 8.57. The van der Waals surface area contributed by atoms with E-state index in [-0.39, 0.29) is 6.54 Å². The van der Waals surface area contributed by atoms with Gasteiger partial charge in [-0.1, -0.05) is 0 Å². The molecule has 76 valence electrons. The van der Waals surface area contributed by atoms with Gasteiger partial charge in [0.05, 0.1) is 6.54 Å². The molecule has 0 atom stereocenters. The molecule has 1 fully saturated rings. The quantitative estimate of drug-likeness (QED) is 0.655. The number of hydrogen-bond donors (Lipinski definition) is 2. The van der Waals surface area contributed by atoms with E-state index in [0.29, 0.717) is 0 Å². The number of likely N-dealkylation sites (tertiary alicyclic amines) is 1. The van der Waals surface area contributed by atoms with E-state index < -0.39 is 5.97 Å². The van der Waals surface area contributed by atoms with Crippen LogP contribution < -0.4 is 5.73 Å². The fourth-order valence-electron chi connectivity index (χ4n) is 1.86. The molecule has 1 rings (SSSR count). The summed E-state index contributed by atoms with van der Waals surface area (Å²) in [6, 6.07) is 0. The third-order valence-electron chi connectivity index (χ3n) is 2.64. The summed E-state index contributed by atoms with van der Waals surface area (Å²) in [5.74, 6) is -0.00711. The van der Waals surface area contributed by atoms with Crippen LogP contribution in [0.2, 0.25) is 0 Å². The fourth-order valence-corrected chi connectivity index (χ4v) is 1.86. The van der Waals surface area contributed by atoms with Gasteiger partial charge in [-0.25, -0.2) is 0 Å². The molecule has 1 aliphatic heterocycles. The van der Waals surface area contributed by atoms with Gasteiger partial charge in [0.1, 0.15) is 0 Å². The molecule has 4 heteroatoms. The van der Waals surface area contributed by atoms with E-state index in [1.807, 2.05) is 4.90 Å². The Morgan fingerprint density at radius 1 is 1.46 bits per heavy atom. The Bertz CT molecular complexity index is 165. The van der Waals surface area contributed by atoms with Crippen LogP contribution in [0.5, 0.6) is 0 Å². The van der Waals surface area contributed by atoms with E-state index in [2.05, 4.69) is 0 Å². The van der Waals surface area contributed by atoms with Gasteiger partial charge in [0.2, 0.25) is 0 Å². The molecule has 1 heterocycles. The Morgan fingerprint density at radius 2 is 2.08 bits per heavy atom. The highest BCUT2D eigenvalue weighted by Crippen LogP contribution is 2.19. The van der Waals surface area contributed by atoms with Gasteiger partial charge in [-0.15, -0.1) is 0 Å². The van der Waals surface area contributed by atoms with Gasteiger partial charge in [0.15, 0.2) is 0 Å². The molecular formula is C9H18N2O2. The van der Waals surface area contributed by atoms with Crippen LogP contribution in [0.4, 0.5) is 0 Å². The number of piperidine rings is 1. The third kappa shape index (κ3) is 3.74. The molecule has 0 aromatic heterocycles. The lowest BCUT2D eigenvalue weighted by molar-refractivity contribution is -0.138. The van der Waals surface area contributed by atoms with Crippen LogP contribution in [0.1, 0.15) is 19.3 Å². The Hall–Kier alpha value is -0.610. The Labute approximate surface area is 78.7 Å². The molecule has 13 heavy (non-hydrogen) atoms. The highest BCUT2D eigenvalue weighted by Gasteiger charge is 2.19. The molecule has 4 nitrogen and oxygen atoms in total. The Kier molecular flexibility index (Phi) is 4.18. The maximum atomic E-state index is 10.4.